The van der Waals surface area contributed by atoms with Crippen LogP contribution in [0.4, 0.5) is 18.9 Å². The summed E-state index contributed by atoms with van der Waals surface area (Å²) in [5.41, 5.74) is -1.31. The van der Waals surface area contributed by atoms with Crippen LogP contribution >= 0.6 is 11.6 Å². The molecule has 1 aliphatic rings. The molecular formula is C19H24ClF3N4O2. The molecule has 1 unspecified atom stereocenters. The van der Waals surface area contributed by atoms with E-state index in [-0.39, 0.29) is 23.2 Å². The highest BCUT2D eigenvalue weighted by Gasteiger charge is 2.35. The van der Waals surface area contributed by atoms with E-state index in [1.165, 1.54) is 6.07 Å². The fourth-order valence-electron chi connectivity index (χ4n) is 3.02. The van der Waals surface area contributed by atoms with Crippen molar-refractivity contribution in [2.45, 2.75) is 19.1 Å². The first-order valence-electron chi connectivity index (χ1n) is 9.13. The van der Waals surface area contributed by atoms with Crippen molar-refractivity contribution >= 4 is 29.1 Å². The second-order valence-electron chi connectivity index (χ2n) is 6.76. The Kier molecular flexibility index (Phi) is 8.06. The maximum absolute atomic E-state index is 13.2. The van der Waals surface area contributed by atoms with E-state index < -0.39 is 23.7 Å². The number of alkyl halides is 3. The Labute approximate surface area is 172 Å². The van der Waals surface area contributed by atoms with Crippen LogP contribution in [0.25, 0.3) is 0 Å². The van der Waals surface area contributed by atoms with Gasteiger partial charge in [0.1, 0.15) is 0 Å². The molecule has 2 N–H and O–H groups in total. The predicted octanol–water partition coefficient (Wildman–Crippen LogP) is 2.61. The van der Waals surface area contributed by atoms with Crippen molar-refractivity contribution in [1.82, 2.24) is 15.1 Å². The molecule has 10 heteroatoms. The van der Waals surface area contributed by atoms with Gasteiger partial charge in [0.05, 0.1) is 23.8 Å². The van der Waals surface area contributed by atoms with Gasteiger partial charge in [0, 0.05) is 37.7 Å². The summed E-state index contributed by atoms with van der Waals surface area (Å²) in [5, 5.41) is 5.01. The van der Waals surface area contributed by atoms with Crippen LogP contribution in [0.3, 0.4) is 0 Å². The molecule has 1 heterocycles. The third kappa shape index (κ3) is 6.73. The molecule has 0 saturated carbocycles. The first-order chi connectivity index (χ1) is 13.6. The van der Waals surface area contributed by atoms with Gasteiger partial charge in [-0.1, -0.05) is 17.7 Å². The zero-order valence-electron chi connectivity index (χ0n) is 16.1. The molecule has 2 amide bonds. The molecule has 29 heavy (non-hydrogen) atoms. The Morgan fingerprint density at radius 3 is 2.52 bits per heavy atom. The molecule has 0 aromatic heterocycles. The van der Waals surface area contributed by atoms with Crippen LogP contribution in [0.1, 0.15) is 12.5 Å². The summed E-state index contributed by atoms with van der Waals surface area (Å²) in [5.74, 6) is -0.637. The molecule has 0 spiro atoms. The van der Waals surface area contributed by atoms with Crippen molar-refractivity contribution in [3.63, 3.8) is 0 Å². The maximum atomic E-state index is 13.2. The number of piperazine rings is 1. The lowest BCUT2D eigenvalue weighted by Crippen LogP contribution is -2.54. The van der Waals surface area contributed by atoms with Gasteiger partial charge in [-0.15, -0.1) is 6.58 Å². The summed E-state index contributed by atoms with van der Waals surface area (Å²) in [4.78, 5) is 28.1. The van der Waals surface area contributed by atoms with E-state index in [9.17, 15) is 22.8 Å². The third-order valence-corrected chi connectivity index (χ3v) is 4.92. The van der Waals surface area contributed by atoms with Crippen LogP contribution in [-0.4, -0.2) is 66.9 Å². The topological polar surface area (TPSA) is 64.7 Å². The van der Waals surface area contributed by atoms with E-state index in [2.05, 4.69) is 17.2 Å². The van der Waals surface area contributed by atoms with Crippen molar-refractivity contribution in [2.24, 2.45) is 0 Å². The van der Waals surface area contributed by atoms with Crippen LogP contribution in [0, 0.1) is 0 Å². The van der Waals surface area contributed by atoms with Crippen molar-refractivity contribution in [3.8, 4) is 0 Å². The molecular weight excluding hydrogens is 409 g/mol. The smallest absolute Gasteiger partial charge is 0.352 e. The molecule has 1 saturated heterocycles. The Morgan fingerprint density at radius 2 is 1.93 bits per heavy atom. The Balaban J connectivity index is 1.92. The number of carbonyl (C=O) groups excluding carboxylic acids is 2. The third-order valence-electron chi connectivity index (χ3n) is 4.69. The Hall–Kier alpha value is -2.10. The van der Waals surface area contributed by atoms with Gasteiger partial charge in [0.15, 0.2) is 0 Å². The van der Waals surface area contributed by atoms with Crippen LogP contribution < -0.4 is 10.6 Å². The van der Waals surface area contributed by atoms with Gasteiger partial charge in [-0.2, -0.15) is 13.2 Å². The summed E-state index contributed by atoms with van der Waals surface area (Å²) in [7, 11) is 0. The number of hydrogen-bond acceptors (Lipinski definition) is 4. The number of carbonyl (C=O) groups is 2. The largest absolute Gasteiger partial charge is 0.418 e. The molecule has 160 valence electrons. The number of halogens is 4. The molecule has 1 fully saturated rings. The fourth-order valence-corrected chi connectivity index (χ4v) is 3.19. The highest BCUT2D eigenvalue weighted by atomic mass is 35.5. The number of hydrogen-bond donors (Lipinski definition) is 2. The SMILES string of the molecule is C=CCNC(=O)CN1CCN(C(C)C(=O)Nc2ccc(Cl)cc2C(F)(F)F)CC1. The minimum absolute atomic E-state index is 0.0587. The average molecular weight is 433 g/mol. The minimum atomic E-state index is -4.63. The first kappa shape index (κ1) is 23.2. The summed E-state index contributed by atoms with van der Waals surface area (Å²) in [6, 6.07) is 2.62. The lowest BCUT2D eigenvalue weighted by Gasteiger charge is -2.37. The summed E-state index contributed by atoms with van der Waals surface area (Å²) in [6.07, 6.45) is -3.03. The summed E-state index contributed by atoms with van der Waals surface area (Å²) >= 11 is 5.66. The zero-order valence-corrected chi connectivity index (χ0v) is 16.8. The Bertz CT molecular complexity index is 749. The van der Waals surface area contributed by atoms with E-state index in [0.717, 1.165) is 12.1 Å². The molecule has 6 nitrogen and oxygen atoms in total. The summed E-state index contributed by atoms with van der Waals surface area (Å²) in [6.45, 7) is 8.04. The number of nitrogens with zero attached hydrogens (tertiary/aromatic N) is 2. The molecule has 1 aromatic rings. The number of nitrogens with one attached hydrogen (secondary N) is 2. The quantitative estimate of drug-likeness (QED) is 0.650. The summed E-state index contributed by atoms with van der Waals surface area (Å²) < 4.78 is 39.6. The van der Waals surface area contributed by atoms with Crippen LogP contribution in [0.2, 0.25) is 5.02 Å². The lowest BCUT2D eigenvalue weighted by atomic mass is 10.1. The number of amides is 2. The monoisotopic (exact) mass is 432 g/mol. The molecule has 0 aliphatic carbocycles. The van der Waals surface area contributed by atoms with E-state index in [1.54, 1.807) is 13.0 Å². The molecule has 2 rings (SSSR count). The standard InChI is InChI=1S/C19H24ClF3N4O2/c1-3-6-24-17(28)12-26-7-9-27(10-8-26)13(2)18(29)25-16-5-4-14(20)11-15(16)19(21,22)23/h3-5,11,13H,1,6-10,12H2,2H3,(H,24,28)(H,25,29). The number of benzene rings is 1. The van der Waals surface area contributed by atoms with Gasteiger partial charge in [0.2, 0.25) is 11.8 Å². The number of rotatable bonds is 7. The second-order valence-corrected chi connectivity index (χ2v) is 7.19. The van der Waals surface area contributed by atoms with E-state index >= 15 is 0 Å². The normalized spacial score (nSPS) is 16.9. The van der Waals surface area contributed by atoms with Gasteiger partial charge < -0.3 is 10.6 Å². The second kappa shape index (κ2) is 10.1. The zero-order chi connectivity index (χ0) is 21.6. The van der Waals surface area contributed by atoms with Crippen molar-refractivity contribution in [3.05, 3.63) is 41.4 Å². The number of anilines is 1. The van der Waals surface area contributed by atoms with Gasteiger partial charge in [0.25, 0.3) is 0 Å². The molecule has 1 aliphatic heterocycles. The van der Waals surface area contributed by atoms with Crippen LogP contribution in [0.15, 0.2) is 30.9 Å². The van der Waals surface area contributed by atoms with Gasteiger partial charge >= 0.3 is 6.18 Å². The van der Waals surface area contributed by atoms with Crippen molar-refractivity contribution < 1.29 is 22.8 Å². The highest BCUT2D eigenvalue weighted by molar-refractivity contribution is 6.30. The molecule has 0 radical (unpaired) electrons. The molecule has 1 aromatic carbocycles. The van der Waals surface area contributed by atoms with Gasteiger partial charge in [-0.25, -0.2) is 0 Å². The average Bonchev–Trinajstić information content (AvgIpc) is 2.67. The van der Waals surface area contributed by atoms with Crippen LogP contribution in [-0.2, 0) is 15.8 Å². The van der Waals surface area contributed by atoms with E-state index in [0.29, 0.717) is 32.7 Å². The Morgan fingerprint density at radius 1 is 1.28 bits per heavy atom. The van der Waals surface area contributed by atoms with Crippen LogP contribution in [0.5, 0.6) is 0 Å². The maximum Gasteiger partial charge on any atom is 0.418 e. The minimum Gasteiger partial charge on any atom is -0.352 e. The highest BCUT2D eigenvalue weighted by Crippen LogP contribution is 2.36. The molecule has 1 atom stereocenters. The lowest BCUT2D eigenvalue weighted by molar-refractivity contribution is -0.137. The predicted molar refractivity (Wildman–Crippen MR) is 106 cm³/mol. The fraction of sp³-hybridized carbons (Fsp3) is 0.474. The van der Waals surface area contributed by atoms with Crippen molar-refractivity contribution in [2.75, 3.05) is 44.6 Å². The van der Waals surface area contributed by atoms with Crippen molar-refractivity contribution in [1.29, 1.82) is 0 Å². The van der Waals surface area contributed by atoms with Gasteiger partial charge in [-0.3, -0.25) is 19.4 Å². The van der Waals surface area contributed by atoms with E-state index in [1.807, 2.05) is 9.80 Å². The first-order valence-corrected chi connectivity index (χ1v) is 9.51. The molecule has 0 bridgehead atoms. The van der Waals surface area contributed by atoms with E-state index in [4.69, 9.17) is 11.6 Å². The van der Waals surface area contributed by atoms with Gasteiger partial charge in [-0.05, 0) is 25.1 Å².